The number of aliphatic hydroxyl groups is 1. The number of rotatable bonds is 4. The van der Waals surface area contributed by atoms with Gasteiger partial charge in [0.1, 0.15) is 5.69 Å². The molecule has 7 heteroatoms. The average Bonchev–Trinajstić information content (AvgIpc) is 2.34. The van der Waals surface area contributed by atoms with Gasteiger partial charge in [0.05, 0.1) is 18.2 Å². The second-order valence-electron chi connectivity index (χ2n) is 3.69. The van der Waals surface area contributed by atoms with Crippen LogP contribution in [0, 0.1) is 0 Å². The molecule has 1 atom stereocenters. The van der Waals surface area contributed by atoms with Crippen LogP contribution in [0.25, 0.3) is 0 Å². The zero-order chi connectivity index (χ0) is 13.8. The Morgan fingerprint density at radius 2 is 2.17 bits per heavy atom. The number of pyridine rings is 1. The van der Waals surface area contributed by atoms with E-state index < -0.39 is 23.8 Å². The number of carbonyl (C=O) groups is 1. The lowest BCUT2D eigenvalue weighted by Gasteiger charge is -2.14. The lowest BCUT2D eigenvalue weighted by Crippen LogP contribution is -2.37. The summed E-state index contributed by atoms with van der Waals surface area (Å²) in [5, 5.41) is 11.4. The van der Waals surface area contributed by atoms with Gasteiger partial charge in [-0.15, -0.1) is 0 Å². The number of alkyl halides is 3. The van der Waals surface area contributed by atoms with Crippen LogP contribution in [0.2, 0.25) is 0 Å². The van der Waals surface area contributed by atoms with Gasteiger partial charge in [-0.2, -0.15) is 13.2 Å². The Morgan fingerprint density at radius 3 is 2.56 bits per heavy atom. The number of nitrogens with zero attached hydrogens (tertiary/aromatic N) is 1. The molecule has 4 nitrogen and oxygen atoms in total. The highest BCUT2D eigenvalue weighted by Crippen LogP contribution is 2.27. The number of aliphatic hydroxyl groups excluding tert-OH is 1. The van der Waals surface area contributed by atoms with Crippen molar-refractivity contribution in [3.05, 3.63) is 29.6 Å². The predicted molar refractivity (Wildman–Crippen MR) is 57.9 cm³/mol. The molecule has 1 aromatic heterocycles. The van der Waals surface area contributed by atoms with Crippen LogP contribution in [0.1, 0.15) is 29.4 Å². The Hall–Kier alpha value is -1.63. The number of carbonyl (C=O) groups excluding carboxylic acids is 1. The molecule has 1 unspecified atom stereocenters. The van der Waals surface area contributed by atoms with Crippen molar-refractivity contribution in [2.75, 3.05) is 6.61 Å². The lowest BCUT2D eigenvalue weighted by atomic mass is 10.2. The van der Waals surface area contributed by atoms with Gasteiger partial charge in [-0.05, 0) is 18.6 Å². The van der Waals surface area contributed by atoms with E-state index in [1.54, 1.807) is 6.92 Å². The molecule has 0 bridgehead atoms. The van der Waals surface area contributed by atoms with E-state index in [1.807, 2.05) is 0 Å². The summed E-state index contributed by atoms with van der Waals surface area (Å²) in [6, 6.07) is 1.38. The molecule has 0 radical (unpaired) electrons. The predicted octanol–water partition coefficient (Wildman–Crippen LogP) is 1.60. The number of halogens is 3. The molecule has 1 heterocycles. The van der Waals surface area contributed by atoms with E-state index in [0.717, 1.165) is 18.3 Å². The number of aromatic nitrogens is 1. The Labute approximate surface area is 102 Å². The summed E-state index contributed by atoms with van der Waals surface area (Å²) in [6.07, 6.45) is -3.13. The van der Waals surface area contributed by atoms with Crippen LogP contribution in [0.5, 0.6) is 0 Å². The third kappa shape index (κ3) is 3.69. The van der Waals surface area contributed by atoms with Crippen molar-refractivity contribution in [3.8, 4) is 0 Å². The minimum atomic E-state index is -4.52. The first-order valence-electron chi connectivity index (χ1n) is 5.33. The second kappa shape index (κ2) is 5.81. The summed E-state index contributed by atoms with van der Waals surface area (Å²) in [7, 11) is 0. The van der Waals surface area contributed by atoms with E-state index in [2.05, 4.69) is 10.3 Å². The van der Waals surface area contributed by atoms with Crippen molar-refractivity contribution in [2.45, 2.75) is 25.6 Å². The van der Waals surface area contributed by atoms with Gasteiger partial charge in [0.2, 0.25) is 0 Å². The fourth-order valence-electron chi connectivity index (χ4n) is 1.24. The average molecular weight is 262 g/mol. The molecule has 0 spiro atoms. The molecule has 100 valence electrons. The zero-order valence-electron chi connectivity index (χ0n) is 9.66. The SMILES string of the molecule is CCC(CO)NC(=O)c1ccc(C(F)(F)F)nc1. The summed E-state index contributed by atoms with van der Waals surface area (Å²) >= 11 is 0. The van der Waals surface area contributed by atoms with Gasteiger partial charge < -0.3 is 10.4 Å². The van der Waals surface area contributed by atoms with E-state index in [9.17, 15) is 18.0 Å². The standard InChI is InChI=1S/C11H13F3N2O2/c1-2-8(6-17)16-10(18)7-3-4-9(15-5-7)11(12,13)14/h3-5,8,17H,2,6H2,1H3,(H,16,18). The minimum absolute atomic E-state index is 0.0231. The number of amides is 1. The van der Waals surface area contributed by atoms with Gasteiger partial charge in [0.15, 0.2) is 0 Å². The lowest BCUT2D eigenvalue weighted by molar-refractivity contribution is -0.141. The van der Waals surface area contributed by atoms with Crippen LogP contribution in [0.3, 0.4) is 0 Å². The summed E-state index contributed by atoms with van der Waals surface area (Å²) in [6.45, 7) is 1.54. The fraction of sp³-hybridized carbons (Fsp3) is 0.455. The first-order chi connectivity index (χ1) is 8.38. The highest BCUT2D eigenvalue weighted by Gasteiger charge is 2.32. The van der Waals surface area contributed by atoms with E-state index in [-0.39, 0.29) is 12.2 Å². The van der Waals surface area contributed by atoms with Crippen LogP contribution in [0.4, 0.5) is 13.2 Å². The molecule has 1 amide bonds. The van der Waals surface area contributed by atoms with E-state index in [0.29, 0.717) is 6.42 Å². The fourth-order valence-corrected chi connectivity index (χ4v) is 1.24. The van der Waals surface area contributed by atoms with Crippen molar-refractivity contribution in [3.63, 3.8) is 0 Å². The summed E-state index contributed by atoms with van der Waals surface area (Å²) in [4.78, 5) is 14.8. The molecular formula is C11H13F3N2O2. The van der Waals surface area contributed by atoms with Crippen LogP contribution >= 0.6 is 0 Å². The molecule has 0 aliphatic heterocycles. The second-order valence-corrected chi connectivity index (χ2v) is 3.69. The molecule has 0 fully saturated rings. The van der Waals surface area contributed by atoms with Gasteiger partial charge in [-0.25, -0.2) is 0 Å². The first kappa shape index (κ1) is 14.4. The topological polar surface area (TPSA) is 62.2 Å². The van der Waals surface area contributed by atoms with E-state index >= 15 is 0 Å². The van der Waals surface area contributed by atoms with Crippen LogP contribution in [-0.2, 0) is 6.18 Å². The van der Waals surface area contributed by atoms with Crippen molar-refractivity contribution in [2.24, 2.45) is 0 Å². The molecule has 0 aromatic carbocycles. The van der Waals surface area contributed by atoms with Crippen molar-refractivity contribution in [1.29, 1.82) is 0 Å². The van der Waals surface area contributed by atoms with Gasteiger partial charge >= 0.3 is 6.18 Å². The Bertz CT molecular complexity index is 400. The molecule has 0 aliphatic carbocycles. The third-order valence-electron chi connectivity index (χ3n) is 2.36. The molecule has 0 saturated carbocycles. The Kier molecular flexibility index (Phi) is 4.66. The summed E-state index contributed by atoms with van der Waals surface area (Å²) < 4.78 is 36.7. The number of nitrogens with one attached hydrogen (secondary N) is 1. The molecule has 2 N–H and O–H groups in total. The first-order valence-corrected chi connectivity index (χ1v) is 5.33. The minimum Gasteiger partial charge on any atom is -0.394 e. The maximum absolute atomic E-state index is 12.2. The van der Waals surface area contributed by atoms with Crippen molar-refractivity contribution < 1.29 is 23.1 Å². The summed E-state index contributed by atoms with van der Waals surface area (Å²) in [5.74, 6) is -0.558. The largest absolute Gasteiger partial charge is 0.433 e. The Morgan fingerprint density at radius 1 is 1.50 bits per heavy atom. The highest BCUT2D eigenvalue weighted by atomic mass is 19.4. The summed E-state index contributed by atoms with van der Waals surface area (Å²) in [5.41, 5.74) is -1.02. The van der Waals surface area contributed by atoms with E-state index in [4.69, 9.17) is 5.11 Å². The van der Waals surface area contributed by atoms with Gasteiger partial charge in [0.25, 0.3) is 5.91 Å². The van der Waals surface area contributed by atoms with Crippen LogP contribution in [0.15, 0.2) is 18.3 Å². The quantitative estimate of drug-likeness (QED) is 0.866. The van der Waals surface area contributed by atoms with Crippen molar-refractivity contribution in [1.82, 2.24) is 10.3 Å². The van der Waals surface area contributed by atoms with Gasteiger partial charge in [-0.3, -0.25) is 9.78 Å². The maximum atomic E-state index is 12.2. The molecule has 1 rings (SSSR count). The molecule has 0 aliphatic rings. The van der Waals surface area contributed by atoms with Gasteiger partial charge in [-0.1, -0.05) is 6.92 Å². The number of hydrogen-bond donors (Lipinski definition) is 2. The normalized spacial score (nSPS) is 13.2. The third-order valence-corrected chi connectivity index (χ3v) is 2.36. The smallest absolute Gasteiger partial charge is 0.394 e. The van der Waals surface area contributed by atoms with Gasteiger partial charge in [0, 0.05) is 6.20 Å². The number of hydrogen-bond acceptors (Lipinski definition) is 3. The van der Waals surface area contributed by atoms with Crippen LogP contribution < -0.4 is 5.32 Å². The molecular weight excluding hydrogens is 249 g/mol. The maximum Gasteiger partial charge on any atom is 0.433 e. The molecule has 18 heavy (non-hydrogen) atoms. The van der Waals surface area contributed by atoms with Crippen LogP contribution in [-0.4, -0.2) is 28.6 Å². The monoisotopic (exact) mass is 262 g/mol. The molecule has 0 saturated heterocycles. The van der Waals surface area contributed by atoms with Crippen molar-refractivity contribution >= 4 is 5.91 Å². The Balaban J connectivity index is 2.76. The highest BCUT2D eigenvalue weighted by molar-refractivity contribution is 5.94. The zero-order valence-corrected chi connectivity index (χ0v) is 9.66. The van der Waals surface area contributed by atoms with E-state index in [1.165, 1.54) is 0 Å². The molecule has 1 aromatic rings.